The minimum absolute atomic E-state index is 0.0455. The third-order valence-corrected chi connectivity index (χ3v) is 6.16. The summed E-state index contributed by atoms with van der Waals surface area (Å²) in [5, 5.41) is 14.4. The number of pyridine rings is 1. The van der Waals surface area contributed by atoms with E-state index in [9.17, 15) is 4.79 Å². The Bertz CT molecular complexity index is 1220. The van der Waals surface area contributed by atoms with Gasteiger partial charge in [-0.2, -0.15) is 5.21 Å². The van der Waals surface area contributed by atoms with Gasteiger partial charge in [0, 0.05) is 35.3 Å². The summed E-state index contributed by atoms with van der Waals surface area (Å²) in [4.78, 5) is 17.9. The van der Waals surface area contributed by atoms with Crippen LogP contribution in [0.15, 0.2) is 53.6 Å². The summed E-state index contributed by atoms with van der Waals surface area (Å²) in [5.41, 5.74) is 4.83. The fraction of sp³-hybridized carbons (Fsp3) is 0.400. The van der Waals surface area contributed by atoms with Gasteiger partial charge in [0.2, 0.25) is 5.82 Å². The van der Waals surface area contributed by atoms with Crippen LogP contribution in [0, 0.1) is 0 Å². The summed E-state index contributed by atoms with van der Waals surface area (Å²) in [6, 6.07) is 12.1. The summed E-state index contributed by atoms with van der Waals surface area (Å²) in [7, 11) is 0. The lowest BCUT2D eigenvalue weighted by molar-refractivity contribution is 0.503. The van der Waals surface area contributed by atoms with E-state index in [-0.39, 0.29) is 11.7 Å². The number of imidazole rings is 1. The van der Waals surface area contributed by atoms with E-state index in [4.69, 9.17) is 4.98 Å². The van der Waals surface area contributed by atoms with Gasteiger partial charge in [-0.25, -0.2) is 4.79 Å². The molecule has 4 aromatic rings. The highest BCUT2D eigenvalue weighted by molar-refractivity contribution is 5.79. The zero-order chi connectivity index (χ0) is 23.2. The standard InChI is InChI=1S/C25H31N7O/c1-4-6-7-10-21-17-31(18(3)5-2)25(33)32(21)16-20-14-13-19(15-26-20)22-11-8-9-12-23(22)24-27-29-30-28-24/h8-9,11-15,17-18H,4-7,10,16H2,1-3H3,(H,27,28,29,30). The predicted molar refractivity (Wildman–Crippen MR) is 129 cm³/mol. The van der Waals surface area contributed by atoms with Gasteiger partial charge in [0.1, 0.15) is 0 Å². The molecule has 0 aliphatic carbocycles. The molecule has 1 atom stereocenters. The summed E-state index contributed by atoms with van der Waals surface area (Å²) in [6.45, 7) is 6.86. The fourth-order valence-corrected chi connectivity index (χ4v) is 4.03. The number of nitrogens with one attached hydrogen (secondary N) is 1. The number of tetrazole rings is 1. The second-order valence-corrected chi connectivity index (χ2v) is 8.43. The summed E-state index contributed by atoms with van der Waals surface area (Å²) in [6.07, 6.45) is 9.12. The smallest absolute Gasteiger partial charge is 0.296 e. The molecule has 3 heterocycles. The molecule has 0 amide bonds. The highest BCUT2D eigenvalue weighted by atomic mass is 16.1. The van der Waals surface area contributed by atoms with E-state index in [0.29, 0.717) is 12.4 Å². The fourth-order valence-electron chi connectivity index (χ4n) is 4.03. The van der Waals surface area contributed by atoms with Crippen molar-refractivity contribution in [3.05, 3.63) is 70.7 Å². The lowest BCUT2D eigenvalue weighted by atomic mass is 10.0. The molecule has 0 aliphatic heterocycles. The van der Waals surface area contributed by atoms with Crippen LogP contribution in [-0.4, -0.2) is 34.7 Å². The third-order valence-electron chi connectivity index (χ3n) is 6.16. The topological polar surface area (TPSA) is 94.3 Å². The van der Waals surface area contributed by atoms with Crippen molar-refractivity contribution >= 4 is 0 Å². The van der Waals surface area contributed by atoms with E-state index in [2.05, 4.69) is 41.4 Å². The van der Waals surface area contributed by atoms with Crippen molar-refractivity contribution in [3.63, 3.8) is 0 Å². The highest BCUT2D eigenvalue weighted by Gasteiger charge is 2.16. The third kappa shape index (κ3) is 4.94. The Morgan fingerprint density at radius 3 is 2.55 bits per heavy atom. The van der Waals surface area contributed by atoms with Crippen molar-refractivity contribution < 1.29 is 0 Å². The van der Waals surface area contributed by atoms with Gasteiger partial charge in [0.15, 0.2) is 0 Å². The van der Waals surface area contributed by atoms with Gasteiger partial charge in [0.05, 0.1) is 12.2 Å². The molecule has 172 valence electrons. The number of nitrogens with zero attached hydrogens (tertiary/aromatic N) is 6. The maximum absolute atomic E-state index is 13.2. The van der Waals surface area contributed by atoms with Crippen molar-refractivity contribution in [2.75, 3.05) is 0 Å². The number of unbranched alkanes of at least 4 members (excludes halogenated alkanes) is 2. The first-order chi connectivity index (χ1) is 16.1. The molecule has 33 heavy (non-hydrogen) atoms. The number of hydrogen-bond acceptors (Lipinski definition) is 5. The number of hydrogen-bond donors (Lipinski definition) is 1. The van der Waals surface area contributed by atoms with E-state index < -0.39 is 0 Å². The molecule has 1 aromatic carbocycles. The van der Waals surface area contributed by atoms with Crippen LogP contribution >= 0.6 is 0 Å². The van der Waals surface area contributed by atoms with Crippen LogP contribution in [-0.2, 0) is 13.0 Å². The van der Waals surface area contributed by atoms with Gasteiger partial charge in [-0.1, -0.05) is 57.0 Å². The zero-order valence-corrected chi connectivity index (χ0v) is 19.5. The van der Waals surface area contributed by atoms with E-state index in [1.165, 1.54) is 0 Å². The van der Waals surface area contributed by atoms with E-state index >= 15 is 0 Å². The van der Waals surface area contributed by atoms with E-state index in [1.54, 1.807) is 0 Å². The van der Waals surface area contributed by atoms with Gasteiger partial charge < -0.3 is 0 Å². The second kappa shape index (κ2) is 10.4. The Balaban J connectivity index is 1.61. The Labute approximate surface area is 193 Å². The molecule has 0 fully saturated rings. The first kappa shape index (κ1) is 22.6. The van der Waals surface area contributed by atoms with Crippen molar-refractivity contribution in [3.8, 4) is 22.5 Å². The molecule has 4 rings (SSSR count). The van der Waals surface area contributed by atoms with Gasteiger partial charge in [-0.05, 0) is 43.0 Å². The van der Waals surface area contributed by atoms with Crippen LogP contribution < -0.4 is 5.69 Å². The van der Waals surface area contributed by atoms with Crippen LogP contribution in [0.5, 0.6) is 0 Å². The van der Waals surface area contributed by atoms with Crippen LogP contribution in [0.1, 0.15) is 63.9 Å². The first-order valence-corrected chi connectivity index (χ1v) is 11.7. The molecular weight excluding hydrogens is 414 g/mol. The summed E-state index contributed by atoms with van der Waals surface area (Å²) >= 11 is 0. The molecule has 0 bridgehead atoms. The molecule has 3 aromatic heterocycles. The Morgan fingerprint density at radius 2 is 1.88 bits per heavy atom. The quantitative estimate of drug-likeness (QED) is 0.359. The predicted octanol–water partition coefficient (Wildman–Crippen LogP) is 4.64. The Morgan fingerprint density at radius 1 is 1.06 bits per heavy atom. The Kier molecular flexibility index (Phi) is 7.12. The molecule has 1 N–H and O–H groups in total. The first-order valence-electron chi connectivity index (χ1n) is 11.7. The lowest BCUT2D eigenvalue weighted by Crippen LogP contribution is -2.27. The second-order valence-electron chi connectivity index (χ2n) is 8.43. The molecule has 0 saturated heterocycles. The number of H-pyrrole nitrogens is 1. The SMILES string of the molecule is CCCCCc1cn(C(C)CC)c(=O)n1Cc1ccc(-c2ccccc2-c2nn[nH]n2)cn1. The summed E-state index contributed by atoms with van der Waals surface area (Å²) in [5.74, 6) is 0.546. The molecule has 0 radical (unpaired) electrons. The largest absolute Gasteiger partial charge is 0.328 e. The van der Waals surface area contributed by atoms with Crippen molar-refractivity contribution in [2.24, 2.45) is 0 Å². The molecule has 0 aliphatic rings. The maximum Gasteiger partial charge on any atom is 0.328 e. The molecule has 0 spiro atoms. The lowest BCUT2D eigenvalue weighted by Gasteiger charge is -2.10. The van der Waals surface area contributed by atoms with Crippen LogP contribution in [0.2, 0.25) is 0 Å². The molecule has 1 unspecified atom stereocenters. The number of rotatable bonds is 10. The van der Waals surface area contributed by atoms with Crippen molar-refractivity contribution in [1.82, 2.24) is 34.7 Å². The van der Waals surface area contributed by atoms with Crippen molar-refractivity contribution in [2.45, 2.75) is 65.5 Å². The van der Waals surface area contributed by atoms with Crippen molar-refractivity contribution in [1.29, 1.82) is 0 Å². The molecule has 8 heteroatoms. The van der Waals surface area contributed by atoms with Gasteiger partial charge in [0.25, 0.3) is 0 Å². The number of aromatic amines is 1. The normalized spacial score (nSPS) is 12.2. The molecular formula is C25H31N7O. The average Bonchev–Trinajstić information content (AvgIpc) is 3.49. The number of aryl methyl sites for hydroxylation is 1. The number of aromatic nitrogens is 7. The molecule has 8 nitrogen and oxygen atoms in total. The number of benzene rings is 1. The van der Waals surface area contributed by atoms with E-state index in [1.807, 2.05) is 57.9 Å². The monoisotopic (exact) mass is 445 g/mol. The Hall–Kier alpha value is -3.55. The van der Waals surface area contributed by atoms with Gasteiger partial charge >= 0.3 is 5.69 Å². The van der Waals surface area contributed by atoms with Gasteiger partial charge in [-0.15, -0.1) is 10.2 Å². The van der Waals surface area contributed by atoms with Crippen LogP contribution in [0.4, 0.5) is 0 Å². The van der Waals surface area contributed by atoms with Crippen LogP contribution in [0.25, 0.3) is 22.5 Å². The minimum Gasteiger partial charge on any atom is -0.296 e. The van der Waals surface area contributed by atoms with Crippen LogP contribution in [0.3, 0.4) is 0 Å². The van der Waals surface area contributed by atoms with Gasteiger partial charge in [-0.3, -0.25) is 14.1 Å². The van der Waals surface area contributed by atoms with E-state index in [0.717, 1.165) is 60.2 Å². The molecule has 0 saturated carbocycles. The summed E-state index contributed by atoms with van der Waals surface area (Å²) < 4.78 is 3.76. The maximum atomic E-state index is 13.2. The zero-order valence-electron chi connectivity index (χ0n) is 19.5. The highest BCUT2D eigenvalue weighted by Crippen LogP contribution is 2.29. The minimum atomic E-state index is 0.0455. The average molecular weight is 446 g/mol.